The summed E-state index contributed by atoms with van der Waals surface area (Å²) < 4.78 is 10.3. The standard InChI is InChI=1S/C12H17NO3/c1-9(2)16-12(14)13(3)10-7-5-6-8-11(10)15-4/h5-9H,1-4H3. The molecule has 0 aromatic heterocycles. The maximum Gasteiger partial charge on any atom is 0.414 e. The average molecular weight is 223 g/mol. The predicted molar refractivity (Wildman–Crippen MR) is 63.0 cm³/mol. The van der Waals surface area contributed by atoms with Crippen molar-refractivity contribution in [3.05, 3.63) is 24.3 Å². The number of methoxy groups -OCH3 is 1. The van der Waals surface area contributed by atoms with E-state index in [1.807, 2.05) is 26.0 Å². The maximum atomic E-state index is 11.7. The lowest BCUT2D eigenvalue weighted by Crippen LogP contribution is -2.29. The Morgan fingerprint density at radius 3 is 2.50 bits per heavy atom. The highest BCUT2D eigenvalue weighted by atomic mass is 16.6. The van der Waals surface area contributed by atoms with Crippen LogP contribution in [-0.2, 0) is 4.74 Å². The van der Waals surface area contributed by atoms with Gasteiger partial charge < -0.3 is 9.47 Å². The number of nitrogens with zero attached hydrogens (tertiary/aromatic N) is 1. The van der Waals surface area contributed by atoms with Crippen molar-refractivity contribution in [3.63, 3.8) is 0 Å². The number of para-hydroxylation sites is 2. The first kappa shape index (κ1) is 12.4. The molecule has 0 aliphatic heterocycles. The number of anilines is 1. The van der Waals surface area contributed by atoms with Gasteiger partial charge in [-0.1, -0.05) is 12.1 Å². The number of hydrogen-bond acceptors (Lipinski definition) is 3. The number of rotatable bonds is 3. The second kappa shape index (κ2) is 5.39. The number of carbonyl (C=O) groups is 1. The molecule has 1 aromatic carbocycles. The molecular weight excluding hydrogens is 206 g/mol. The Morgan fingerprint density at radius 1 is 1.31 bits per heavy atom. The molecule has 0 aliphatic rings. The van der Waals surface area contributed by atoms with E-state index in [1.54, 1.807) is 26.3 Å². The van der Waals surface area contributed by atoms with Crippen LogP contribution in [0.2, 0.25) is 0 Å². The molecule has 0 radical (unpaired) electrons. The molecule has 16 heavy (non-hydrogen) atoms. The van der Waals surface area contributed by atoms with E-state index in [0.717, 1.165) is 0 Å². The van der Waals surface area contributed by atoms with Gasteiger partial charge in [0.15, 0.2) is 0 Å². The zero-order valence-corrected chi connectivity index (χ0v) is 10.1. The molecule has 1 aromatic rings. The van der Waals surface area contributed by atoms with Gasteiger partial charge in [0.25, 0.3) is 0 Å². The molecule has 88 valence electrons. The summed E-state index contributed by atoms with van der Waals surface area (Å²) in [5, 5.41) is 0. The number of amides is 1. The Labute approximate surface area is 95.8 Å². The largest absolute Gasteiger partial charge is 0.495 e. The Balaban J connectivity index is 2.87. The minimum atomic E-state index is -0.389. The Hall–Kier alpha value is -1.71. The molecule has 0 heterocycles. The van der Waals surface area contributed by atoms with Gasteiger partial charge in [-0.25, -0.2) is 4.79 Å². The summed E-state index contributed by atoms with van der Waals surface area (Å²) in [6, 6.07) is 7.30. The van der Waals surface area contributed by atoms with Crippen LogP contribution in [0.15, 0.2) is 24.3 Å². The van der Waals surface area contributed by atoms with E-state index in [4.69, 9.17) is 9.47 Å². The Kier molecular flexibility index (Phi) is 4.17. The molecule has 0 unspecified atom stereocenters. The van der Waals surface area contributed by atoms with E-state index in [1.165, 1.54) is 4.90 Å². The summed E-state index contributed by atoms with van der Waals surface area (Å²) in [6.45, 7) is 3.63. The quantitative estimate of drug-likeness (QED) is 0.790. The van der Waals surface area contributed by atoms with Gasteiger partial charge in [-0.2, -0.15) is 0 Å². The lowest BCUT2D eigenvalue weighted by Gasteiger charge is -2.20. The van der Waals surface area contributed by atoms with Crippen molar-refractivity contribution in [2.75, 3.05) is 19.1 Å². The van der Waals surface area contributed by atoms with E-state index in [-0.39, 0.29) is 12.2 Å². The van der Waals surface area contributed by atoms with Crippen molar-refractivity contribution < 1.29 is 14.3 Å². The van der Waals surface area contributed by atoms with Crippen molar-refractivity contribution in [1.29, 1.82) is 0 Å². The highest BCUT2D eigenvalue weighted by Gasteiger charge is 2.16. The molecule has 4 heteroatoms. The molecule has 1 rings (SSSR count). The Morgan fingerprint density at radius 2 is 1.94 bits per heavy atom. The number of ether oxygens (including phenoxy) is 2. The monoisotopic (exact) mass is 223 g/mol. The second-order valence-electron chi connectivity index (χ2n) is 3.66. The van der Waals surface area contributed by atoms with E-state index < -0.39 is 0 Å². The molecule has 0 N–H and O–H groups in total. The van der Waals surface area contributed by atoms with Crippen LogP contribution >= 0.6 is 0 Å². The second-order valence-corrected chi connectivity index (χ2v) is 3.66. The van der Waals surface area contributed by atoms with Crippen molar-refractivity contribution in [2.45, 2.75) is 20.0 Å². The first-order chi connectivity index (χ1) is 7.56. The van der Waals surface area contributed by atoms with Crippen molar-refractivity contribution in [3.8, 4) is 5.75 Å². The molecule has 0 fully saturated rings. The van der Waals surface area contributed by atoms with Crippen molar-refractivity contribution >= 4 is 11.8 Å². The van der Waals surface area contributed by atoms with Crippen LogP contribution < -0.4 is 9.64 Å². The smallest absolute Gasteiger partial charge is 0.414 e. The first-order valence-corrected chi connectivity index (χ1v) is 5.13. The van der Waals surface area contributed by atoms with Gasteiger partial charge in [0.05, 0.1) is 18.9 Å². The van der Waals surface area contributed by atoms with Gasteiger partial charge in [0.2, 0.25) is 0 Å². The summed E-state index contributed by atoms with van der Waals surface area (Å²) in [6.07, 6.45) is -0.524. The third-order valence-corrected chi connectivity index (χ3v) is 2.06. The number of carbonyl (C=O) groups excluding carboxylic acids is 1. The molecule has 1 amide bonds. The number of benzene rings is 1. The van der Waals surface area contributed by atoms with Crippen molar-refractivity contribution in [1.82, 2.24) is 0 Å². The van der Waals surface area contributed by atoms with Crippen LogP contribution in [0.4, 0.5) is 10.5 Å². The molecule has 0 bridgehead atoms. The highest BCUT2D eigenvalue weighted by molar-refractivity contribution is 5.89. The van der Waals surface area contributed by atoms with E-state index in [9.17, 15) is 4.79 Å². The predicted octanol–water partition coefficient (Wildman–Crippen LogP) is 2.68. The third kappa shape index (κ3) is 2.89. The fraction of sp³-hybridized carbons (Fsp3) is 0.417. The summed E-state index contributed by atoms with van der Waals surface area (Å²) in [5.74, 6) is 0.644. The van der Waals surface area contributed by atoms with Gasteiger partial charge in [-0.3, -0.25) is 4.90 Å². The molecular formula is C12H17NO3. The SMILES string of the molecule is COc1ccccc1N(C)C(=O)OC(C)C. The minimum absolute atomic E-state index is 0.135. The highest BCUT2D eigenvalue weighted by Crippen LogP contribution is 2.26. The van der Waals surface area contributed by atoms with Crippen LogP contribution in [-0.4, -0.2) is 26.4 Å². The van der Waals surface area contributed by atoms with Crippen LogP contribution in [0.3, 0.4) is 0 Å². The van der Waals surface area contributed by atoms with Gasteiger partial charge in [0.1, 0.15) is 5.75 Å². The van der Waals surface area contributed by atoms with Crippen LogP contribution in [0.5, 0.6) is 5.75 Å². The topological polar surface area (TPSA) is 38.8 Å². The lowest BCUT2D eigenvalue weighted by atomic mass is 10.3. The summed E-state index contributed by atoms with van der Waals surface area (Å²) in [5.41, 5.74) is 0.690. The van der Waals surface area contributed by atoms with Crippen molar-refractivity contribution in [2.24, 2.45) is 0 Å². The first-order valence-electron chi connectivity index (χ1n) is 5.13. The van der Waals surface area contributed by atoms with Gasteiger partial charge in [-0.05, 0) is 26.0 Å². The normalized spacial score (nSPS) is 10.1. The summed E-state index contributed by atoms with van der Waals surface area (Å²) in [7, 11) is 3.23. The lowest BCUT2D eigenvalue weighted by molar-refractivity contribution is 0.123. The molecule has 0 saturated heterocycles. The molecule has 0 saturated carbocycles. The fourth-order valence-corrected chi connectivity index (χ4v) is 1.29. The molecule has 4 nitrogen and oxygen atoms in total. The molecule has 0 spiro atoms. The molecule has 0 atom stereocenters. The third-order valence-electron chi connectivity index (χ3n) is 2.06. The Bertz CT molecular complexity index is 363. The van der Waals surface area contributed by atoms with Gasteiger partial charge >= 0.3 is 6.09 Å². The zero-order chi connectivity index (χ0) is 12.1. The van der Waals surface area contributed by atoms with Gasteiger partial charge in [0, 0.05) is 7.05 Å². The zero-order valence-electron chi connectivity index (χ0n) is 10.1. The van der Waals surface area contributed by atoms with Gasteiger partial charge in [-0.15, -0.1) is 0 Å². The average Bonchev–Trinajstić information content (AvgIpc) is 2.27. The van der Waals surface area contributed by atoms with Crippen LogP contribution in [0.25, 0.3) is 0 Å². The van der Waals surface area contributed by atoms with E-state index in [0.29, 0.717) is 11.4 Å². The number of hydrogen-bond donors (Lipinski definition) is 0. The van der Waals surface area contributed by atoms with Crippen LogP contribution in [0, 0.1) is 0 Å². The minimum Gasteiger partial charge on any atom is -0.495 e. The van der Waals surface area contributed by atoms with E-state index in [2.05, 4.69) is 0 Å². The summed E-state index contributed by atoms with van der Waals surface area (Å²) in [4.78, 5) is 13.1. The van der Waals surface area contributed by atoms with Crippen LogP contribution in [0.1, 0.15) is 13.8 Å². The van der Waals surface area contributed by atoms with E-state index >= 15 is 0 Å². The summed E-state index contributed by atoms with van der Waals surface area (Å²) >= 11 is 0. The molecule has 0 aliphatic carbocycles. The maximum absolute atomic E-state index is 11.7. The fourth-order valence-electron chi connectivity index (χ4n) is 1.29.